The molecule has 0 unspecified atom stereocenters. The molecule has 0 fully saturated rings. The third-order valence-electron chi connectivity index (χ3n) is 5.25. The van der Waals surface area contributed by atoms with E-state index in [4.69, 9.17) is 0 Å². The van der Waals surface area contributed by atoms with Gasteiger partial charge in [0.25, 0.3) is 0 Å². The fourth-order valence-electron chi connectivity index (χ4n) is 3.52. The van der Waals surface area contributed by atoms with E-state index in [0.717, 1.165) is 0 Å². The first kappa shape index (κ1) is 22.9. The third kappa shape index (κ3) is 4.58. The van der Waals surface area contributed by atoms with Crippen LogP contribution < -0.4 is 8.92 Å². The van der Waals surface area contributed by atoms with Crippen LogP contribution in [0.3, 0.4) is 0 Å². The molecule has 2 aromatic rings. The van der Waals surface area contributed by atoms with Crippen LogP contribution in [-0.2, 0) is 0 Å². The van der Waals surface area contributed by atoms with Crippen molar-refractivity contribution in [3.8, 4) is 0 Å². The van der Waals surface area contributed by atoms with Crippen molar-refractivity contribution >= 4 is 56.8 Å². The van der Waals surface area contributed by atoms with Crippen molar-refractivity contribution in [1.29, 1.82) is 0 Å². The van der Waals surface area contributed by atoms with Crippen LogP contribution in [0.4, 0.5) is 0 Å². The molecule has 2 aromatic carbocycles. The Morgan fingerprint density at radius 1 is 0.500 bits per heavy atom. The molecule has 152 valence electrons. The Hall–Kier alpha value is 0.179. The summed E-state index contributed by atoms with van der Waals surface area (Å²) < 4.78 is 3.39. The van der Waals surface area contributed by atoms with Gasteiger partial charge in [-0.15, -0.1) is 0 Å². The Balaban J connectivity index is 2.17. The van der Waals surface area contributed by atoms with Gasteiger partial charge >= 0.3 is 192 Å². The zero-order valence-electron chi connectivity index (χ0n) is 18.3. The standard InChI is InChI=1S/C24H32S2Se2/c1-13(2)17-9-11-19(15(5)6)23-21(17)25-26-22-18(14(3)4)10-12-20(16(7)8)24(22)28-27-23/h9-16H,1-8H3. The molecule has 0 amide bonds. The third-order valence-corrected chi connectivity index (χ3v) is 15.6. The summed E-state index contributed by atoms with van der Waals surface area (Å²) >= 11 is 1.07. The summed E-state index contributed by atoms with van der Waals surface area (Å²) in [5, 5.41) is 0. The first-order valence-electron chi connectivity index (χ1n) is 10.2. The van der Waals surface area contributed by atoms with Gasteiger partial charge in [0.15, 0.2) is 0 Å². The average molecular weight is 543 g/mol. The van der Waals surface area contributed by atoms with Crippen molar-refractivity contribution in [3.05, 3.63) is 46.5 Å². The van der Waals surface area contributed by atoms with E-state index in [2.05, 4.69) is 79.7 Å². The first-order valence-corrected chi connectivity index (χ1v) is 18.4. The van der Waals surface area contributed by atoms with Crippen molar-refractivity contribution in [1.82, 2.24) is 0 Å². The van der Waals surface area contributed by atoms with Crippen LogP contribution in [-0.4, -0.2) is 26.3 Å². The van der Waals surface area contributed by atoms with Gasteiger partial charge in [0.05, 0.1) is 0 Å². The van der Waals surface area contributed by atoms with Crippen LogP contribution in [0.25, 0.3) is 0 Å². The van der Waals surface area contributed by atoms with Gasteiger partial charge in [-0.3, -0.25) is 0 Å². The van der Waals surface area contributed by atoms with E-state index < -0.39 is 0 Å². The molecular weight excluding hydrogens is 510 g/mol. The van der Waals surface area contributed by atoms with Crippen LogP contribution in [0.1, 0.15) is 101 Å². The van der Waals surface area contributed by atoms with Gasteiger partial charge in [-0.2, -0.15) is 0 Å². The maximum atomic E-state index is 2.43. The summed E-state index contributed by atoms with van der Waals surface area (Å²) in [7, 11) is 4.09. The predicted molar refractivity (Wildman–Crippen MR) is 132 cm³/mol. The normalized spacial score (nSPS) is 14.4. The van der Waals surface area contributed by atoms with Crippen LogP contribution >= 0.6 is 21.6 Å². The molecule has 1 aliphatic rings. The molecule has 0 atom stereocenters. The second kappa shape index (κ2) is 9.54. The minimum atomic E-state index is 0.537. The van der Waals surface area contributed by atoms with Crippen LogP contribution in [0.15, 0.2) is 34.1 Å². The second-order valence-corrected chi connectivity index (χ2v) is 17.0. The van der Waals surface area contributed by atoms with E-state index in [-0.39, 0.29) is 0 Å². The number of fused-ring (bicyclic) bond motifs is 2. The maximum absolute atomic E-state index is 2.43. The van der Waals surface area contributed by atoms with Gasteiger partial charge in [0.1, 0.15) is 0 Å². The van der Waals surface area contributed by atoms with Crippen molar-refractivity contribution in [2.45, 2.75) is 88.9 Å². The molecule has 1 aliphatic heterocycles. The SMILES string of the molecule is CC(C)c1ccc(C(C)C)c2c1SSc1c(C(C)C)ccc(C(C)C)c1[Se][Se]2. The van der Waals surface area contributed by atoms with Gasteiger partial charge in [-0.05, 0) is 0 Å². The van der Waals surface area contributed by atoms with E-state index in [1.165, 1.54) is 0 Å². The Morgan fingerprint density at radius 3 is 1.07 bits per heavy atom. The Kier molecular flexibility index (Phi) is 7.79. The van der Waals surface area contributed by atoms with Gasteiger partial charge < -0.3 is 0 Å². The molecule has 3 rings (SSSR count). The Bertz CT molecular complexity index is 713. The molecular formula is C24H32S2Se2. The molecule has 0 radical (unpaired) electrons. The van der Waals surface area contributed by atoms with E-state index >= 15 is 0 Å². The number of rotatable bonds is 4. The molecule has 0 saturated heterocycles. The summed E-state index contributed by atoms with van der Waals surface area (Å²) in [5.41, 5.74) is 6.26. The minimum absolute atomic E-state index is 0.537. The summed E-state index contributed by atoms with van der Waals surface area (Å²) in [4.78, 5) is 3.17. The van der Waals surface area contributed by atoms with Crippen molar-refractivity contribution in [2.24, 2.45) is 0 Å². The first-order chi connectivity index (χ1) is 13.2. The average Bonchev–Trinajstić information content (AvgIpc) is 2.60. The quantitative estimate of drug-likeness (QED) is 0.317. The van der Waals surface area contributed by atoms with Gasteiger partial charge in [-0.1, -0.05) is 0 Å². The summed E-state index contributed by atoms with van der Waals surface area (Å²) in [6.07, 6.45) is 0. The monoisotopic (exact) mass is 544 g/mol. The Labute approximate surface area is 191 Å². The molecule has 0 nitrogen and oxygen atoms in total. The summed E-state index contributed by atoms with van der Waals surface area (Å²) in [6, 6.07) is 9.67. The van der Waals surface area contributed by atoms with Crippen molar-refractivity contribution in [3.63, 3.8) is 0 Å². The number of benzene rings is 2. The Morgan fingerprint density at radius 2 is 0.786 bits per heavy atom. The second-order valence-electron chi connectivity index (χ2n) is 8.76. The van der Waals surface area contributed by atoms with E-state index in [9.17, 15) is 0 Å². The fraction of sp³-hybridized carbons (Fsp3) is 0.500. The molecule has 0 spiro atoms. The molecule has 0 aromatic heterocycles. The van der Waals surface area contributed by atoms with Crippen molar-refractivity contribution < 1.29 is 0 Å². The van der Waals surface area contributed by atoms with Crippen LogP contribution in [0.5, 0.6) is 0 Å². The summed E-state index contributed by atoms with van der Waals surface area (Å²) in [5.74, 6) is 2.36. The molecule has 0 aliphatic carbocycles. The van der Waals surface area contributed by atoms with Crippen molar-refractivity contribution in [2.75, 3.05) is 0 Å². The molecule has 28 heavy (non-hydrogen) atoms. The van der Waals surface area contributed by atoms with Crippen LogP contribution in [0.2, 0.25) is 0 Å². The molecule has 4 heteroatoms. The van der Waals surface area contributed by atoms with Crippen LogP contribution in [0, 0.1) is 0 Å². The zero-order valence-corrected chi connectivity index (χ0v) is 23.3. The van der Waals surface area contributed by atoms with Gasteiger partial charge in [0, 0.05) is 0 Å². The topological polar surface area (TPSA) is 0 Å². The molecule has 0 saturated carbocycles. The molecule has 1 heterocycles. The summed E-state index contributed by atoms with van der Waals surface area (Å²) in [6.45, 7) is 18.8. The number of hydrogen-bond acceptors (Lipinski definition) is 2. The molecule has 0 bridgehead atoms. The van der Waals surface area contributed by atoms with E-state index in [0.29, 0.717) is 49.9 Å². The van der Waals surface area contributed by atoms with Gasteiger partial charge in [-0.25, -0.2) is 0 Å². The predicted octanol–water partition coefficient (Wildman–Crippen LogP) is 6.57. The fourth-order valence-corrected chi connectivity index (χ4v) is 17.9. The molecule has 0 N–H and O–H groups in total. The number of hydrogen-bond donors (Lipinski definition) is 0. The zero-order chi connectivity index (χ0) is 20.6. The van der Waals surface area contributed by atoms with E-state index in [1.807, 2.05) is 21.6 Å². The van der Waals surface area contributed by atoms with Gasteiger partial charge in [0.2, 0.25) is 0 Å². The van der Waals surface area contributed by atoms with E-state index in [1.54, 1.807) is 41.0 Å².